The van der Waals surface area contributed by atoms with Gasteiger partial charge >= 0.3 is 0 Å². The second kappa shape index (κ2) is 13.6. The molecule has 2 rings (SSSR count). The number of unbranched alkanes of at least 4 members (excludes halogenated alkanes) is 2. The first-order valence-electron chi connectivity index (χ1n) is 12.0. The summed E-state index contributed by atoms with van der Waals surface area (Å²) >= 11 is 2.10. The predicted octanol–water partition coefficient (Wildman–Crippen LogP) is 9.82. The lowest BCUT2D eigenvalue weighted by atomic mass is 10.0. The highest BCUT2D eigenvalue weighted by molar-refractivity contribution is 7.99. The zero-order valence-corrected chi connectivity index (χ0v) is 21.1. The van der Waals surface area contributed by atoms with Gasteiger partial charge in [0.1, 0.15) is 0 Å². The molecule has 0 fully saturated rings. The number of allylic oxidation sites excluding steroid dienone is 2. The molecule has 0 spiro atoms. The summed E-state index contributed by atoms with van der Waals surface area (Å²) in [4.78, 5) is 0. The molecule has 0 radical (unpaired) electrons. The second-order valence-electron chi connectivity index (χ2n) is 9.13. The summed E-state index contributed by atoms with van der Waals surface area (Å²) in [6.45, 7) is 17.4. The monoisotopic (exact) mass is 434 g/mol. The Balaban J connectivity index is 2.31. The van der Waals surface area contributed by atoms with E-state index in [1.165, 1.54) is 71.9 Å². The third-order valence-electron chi connectivity index (χ3n) is 5.68. The summed E-state index contributed by atoms with van der Waals surface area (Å²) in [6.07, 6.45) is 9.36. The zero-order valence-electron chi connectivity index (χ0n) is 20.3. The largest absolute Gasteiger partial charge is 0.145 e. The van der Waals surface area contributed by atoms with Gasteiger partial charge < -0.3 is 0 Å². The van der Waals surface area contributed by atoms with Gasteiger partial charge in [0.25, 0.3) is 0 Å². The van der Waals surface area contributed by atoms with Gasteiger partial charge in [-0.1, -0.05) is 86.4 Å². The van der Waals surface area contributed by atoms with Crippen LogP contribution >= 0.6 is 11.8 Å². The highest BCUT2D eigenvalue weighted by atomic mass is 32.2. The molecule has 2 aromatic rings. The van der Waals surface area contributed by atoms with Crippen LogP contribution in [-0.2, 0) is 12.8 Å². The van der Waals surface area contributed by atoms with Crippen LogP contribution in [0.5, 0.6) is 0 Å². The van der Waals surface area contributed by atoms with Crippen LogP contribution in [0, 0.1) is 0 Å². The van der Waals surface area contributed by atoms with Crippen molar-refractivity contribution in [3.8, 4) is 0 Å². The molecule has 0 amide bonds. The number of rotatable bonds is 14. The first-order valence-corrected chi connectivity index (χ1v) is 13.0. The molecule has 168 valence electrons. The van der Waals surface area contributed by atoms with Crippen molar-refractivity contribution in [1.82, 2.24) is 0 Å². The van der Waals surface area contributed by atoms with Gasteiger partial charge in [-0.3, -0.25) is 0 Å². The lowest BCUT2D eigenvalue weighted by Crippen LogP contribution is -2.03. The van der Waals surface area contributed by atoms with Gasteiger partial charge in [-0.15, -0.1) is 24.9 Å². The summed E-state index contributed by atoms with van der Waals surface area (Å²) in [5, 5.41) is 0.838. The van der Waals surface area contributed by atoms with Crippen LogP contribution in [0.1, 0.15) is 99.0 Å². The normalized spacial score (nSPS) is 13.0. The van der Waals surface area contributed by atoms with E-state index in [-0.39, 0.29) is 0 Å². The average molecular weight is 435 g/mol. The molecule has 0 N–H and O–H groups in total. The molecule has 0 bridgehead atoms. The number of aryl methyl sites for hydroxylation is 2. The van der Waals surface area contributed by atoms with Crippen LogP contribution in [0.4, 0.5) is 0 Å². The SMILES string of the molecule is C=C(C)CC(SC(CC(=C)C)c1cccc(CCCC)c1)c1cccc(CCCC)c1. The highest BCUT2D eigenvalue weighted by Crippen LogP contribution is 2.46. The molecule has 0 aliphatic heterocycles. The number of hydrogen-bond acceptors (Lipinski definition) is 1. The minimum absolute atomic E-state index is 0.419. The number of benzene rings is 2. The molecule has 31 heavy (non-hydrogen) atoms. The molecule has 0 aliphatic rings. The van der Waals surface area contributed by atoms with Crippen molar-refractivity contribution in [2.24, 2.45) is 0 Å². The molecule has 0 saturated carbocycles. The van der Waals surface area contributed by atoms with Crippen molar-refractivity contribution in [2.45, 2.75) is 89.6 Å². The van der Waals surface area contributed by atoms with E-state index in [0.29, 0.717) is 10.5 Å². The fourth-order valence-electron chi connectivity index (χ4n) is 3.98. The summed E-state index contributed by atoms with van der Waals surface area (Å²) in [5.74, 6) is 0. The van der Waals surface area contributed by atoms with Crippen molar-refractivity contribution in [2.75, 3.05) is 0 Å². The second-order valence-corrected chi connectivity index (χ2v) is 10.5. The molecule has 2 aromatic carbocycles. The zero-order chi connectivity index (χ0) is 22.6. The molecule has 0 nitrogen and oxygen atoms in total. The molecule has 0 aromatic heterocycles. The summed E-state index contributed by atoms with van der Waals surface area (Å²) in [5.41, 5.74) is 8.31. The summed E-state index contributed by atoms with van der Waals surface area (Å²) < 4.78 is 0. The van der Waals surface area contributed by atoms with Gasteiger partial charge in [0.05, 0.1) is 0 Å². The Morgan fingerprint density at radius 2 is 1.16 bits per heavy atom. The van der Waals surface area contributed by atoms with E-state index in [2.05, 4.69) is 101 Å². The highest BCUT2D eigenvalue weighted by Gasteiger charge is 2.21. The van der Waals surface area contributed by atoms with E-state index in [1.807, 2.05) is 0 Å². The van der Waals surface area contributed by atoms with Crippen molar-refractivity contribution in [3.05, 3.63) is 95.1 Å². The Kier molecular flexibility index (Phi) is 11.2. The summed E-state index contributed by atoms with van der Waals surface area (Å²) in [7, 11) is 0. The molecule has 0 heterocycles. The lowest BCUT2D eigenvalue weighted by Gasteiger charge is -2.25. The quantitative estimate of drug-likeness (QED) is 0.267. The molecular formula is C30H42S. The number of hydrogen-bond donors (Lipinski definition) is 0. The van der Waals surface area contributed by atoms with E-state index >= 15 is 0 Å². The van der Waals surface area contributed by atoms with Crippen molar-refractivity contribution in [1.29, 1.82) is 0 Å². The van der Waals surface area contributed by atoms with Gasteiger partial charge in [-0.2, -0.15) is 0 Å². The lowest BCUT2D eigenvalue weighted by molar-refractivity contribution is 0.790. The van der Waals surface area contributed by atoms with Crippen LogP contribution < -0.4 is 0 Å². The van der Waals surface area contributed by atoms with Crippen LogP contribution in [0.2, 0.25) is 0 Å². The minimum Gasteiger partial charge on any atom is -0.145 e. The third-order valence-corrected chi connectivity index (χ3v) is 7.21. The minimum atomic E-state index is 0.419. The fourth-order valence-corrected chi connectivity index (χ4v) is 5.75. The van der Waals surface area contributed by atoms with Gasteiger partial charge in [0, 0.05) is 10.5 Å². The molecule has 0 aliphatic carbocycles. The van der Waals surface area contributed by atoms with Crippen LogP contribution in [0.15, 0.2) is 72.8 Å². The van der Waals surface area contributed by atoms with Gasteiger partial charge in [0.15, 0.2) is 0 Å². The smallest absolute Gasteiger partial charge is 0.0340 e. The van der Waals surface area contributed by atoms with Crippen molar-refractivity contribution < 1.29 is 0 Å². The summed E-state index contributed by atoms with van der Waals surface area (Å²) in [6, 6.07) is 18.5. The van der Waals surface area contributed by atoms with E-state index < -0.39 is 0 Å². The Morgan fingerprint density at radius 1 is 0.742 bits per heavy atom. The maximum absolute atomic E-state index is 4.25. The Labute approximate surface area is 196 Å². The van der Waals surface area contributed by atoms with Crippen LogP contribution in [0.25, 0.3) is 0 Å². The van der Waals surface area contributed by atoms with E-state index in [0.717, 1.165) is 12.8 Å². The van der Waals surface area contributed by atoms with Crippen LogP contribution in [0.3, 0.4) is 0 Å². The van der Waals surface area contributed by atoms with E-state index in [9.17, 15) is 0 Å². The Bertz CT molecular complexity index is 762. The third kappa shape index (κ3) is 9.11. The van der Waals surface area contributed by atoms with E-state index in [4.69, 9.17) is 0 Å². The first-order chi connectivity index (χ1) is 14.9. The molecule has 0 saturated heterocycles. The molecule has 1 heteroatoms. The van der Waals surface area contributed by atoms with Gasteiger partial charge in [0.2, 0.25) is 0 Å². The Morgan fingerprint density at radius 3 is 1.52 bits per heavy atom. The predicted molar refractivity (Wildman–Crippen MR) is 142 cm³/mol. The van der Waals surface area contributed by atoms with Crippen LogP contribution in [-0.4, -0.2) is 0 Å². The molecule has 2 atom stereocenters. The topological polar surface area (TPSA) is 0 Å². The van der Waals surface area contributed by atoms with Crippen molar-refractivity contribution in [3.63, 3.8) is 0 Å². The first kappa shape index (κ1) is 25.5. The maximum Gasteiger partial charge on any atom is 0.0340 e. The fraction of sp³-hybridized carbons (Fsp3) is 0.467. The van der Waals surface area contributed by atoms with E-state index in [1.54, 1.807) is 0 Å². The molecular weight excluding hydrogens is 392 g/mol. The molecule has 2 unspecified atom stereocenters. The van der Waals surface area contributed by atoms with Gasteiger partial charge in [-0.05, 0) is 74.6 Å². The maximum atomic E-state index is 4.25. The number of thioether (sulfide) groups is 1. The standard InChI is InChI=1S/C30H42S/c1-7-9-13-25-15-11-17-27(21-25)29(19-23(3)4)31-30(20-24(5)6)28-18-12-16-26(22-28)14-10-8-2/h11-12,15-18,21-22,29-30H,3,5,7-10,13-14,19-20H2,1-2,4,6H3. The Hall–Kier alpha value is -1.73. The van der Waals surface area contributed by atoms with Crippen molar-refractivity contribution >= 4 is 11.8 Å². The average Bonchev–Trinajstić information content (AvgIpc) is 2.75. The van der Waals surface area contributed by atoms with Gasteiger partial charge in [-0.25, -0.2) is 0 Å².